The topological polar surface area (TPSA) is 98.9 Å². The third-order valence-electron chi connectivity index (χ3n) is 3.75. The fraction of sp³-hybridized carbons (Fsp3) is 0.211. The second kappa shape index (κ2) is 7.26. The van der Waals surface area contributed by atoms with E-state index in [2.05, 4.69) is 26.1 Å². The number of anilines is 2. The Morgan fingerprint density at radius 1 is 1.00 bits per heavy atom. The molecule has 3 rings (SSSR count). The number of hydrogen-bond acceptors (Lipinski definition) is 3. The van der Waals surface area contributed by atoms with Gasteiger partial charge in [-0.3, -0.25) is 9.89 Å². The van der Waals surface area contributed by atoms with Gasteiger partial charge in [-0.2, -0.15) is 5.10 Å². The van der Waals surface area contributed by atoms with Crippen molar-refractivity contribution in [1.82, 2.24) is 15.5 Å². The summed E-state index contributed by atoms with van der Waals surface area (Å²) >= 11 is 0. The summed E-state index contributed by atoms with van der Waals surface area (Å²) in [4.78, 5) is 24.2. The highest BCUT2D eigenvalue weighted by Gasteiger charge is 2.14. The minimum Gasteiger partial charge on any atom is -0.336 e. The van der Waals surface area contributed by atoms with Crippen molar-refractivity contribution in [2.75, 3.05) is 10.6 Å². The Kier molecular flexibility index (Phi) is 4.88. The fourth-order valence-electron chi connectivity index (χ4n) is 2.56. The van der Waals surface area contributed by atoms with Crippen LogP contribution in [0.5, 0.6) is 0 Å². The van der Waals surface area contributed by atoms with Gasteiger partial charge in [0.15, 0.2) is 5.69 Å². The summed E-state index contributed by atoms with van der Waals surface area (Å²) in [6, 6.07) is 12.5. The van der Waals surface area contributed by atoms with E-state index in [1.165, 1.54) is 0 Å². The second-order valence-electron chi connectivity index (χ2n) is 6.41. The van der Waals surface area contributed by atoms with E-state index < -0.39 is 0 Å². The number of rotatable bonds is 4. The Hall–Kier alpha value is -3.35. The Balaban J connectivity index is 1.69. The van der Waals surface area contributed by atoms with Gasteiger partial charge in [-0.25, -0.2) is 4.79 Å². The molecular weight excluding hydrogens is 330 g/mol. The highest BCUT2D eigenvalue weighted by Crippen LogP contribution is 2.19. The number of nitrogens with one attached hydrogen (secondary N) is 4. The van der Waals surface area contributed by atoms with Crippen LogP contribution in [-0.2, 0) is 0 Å². The molecule has 0 saturated heterocycles. The predicted octanol–water partition coefficient (Wildman–Crippen LogP) is 3.65. The average molecular weight is 351 g/mol. The van der Waals surface area contributed by atoms with Crippen molar-refractivity contribution in [3.8, 4) is 0 Å². The second-order valence-corrected chi connectivity index (χ2v) is 6.41. The van der Waals surface area contributed by atoms with Crippen LogP contribution in [0, 0.1) is 6.92 Å². The van der Waals surface area contributed by atoms with Gasteiger partial charge < -0.3 is 16.0 Å². The maximum absolute atomic E-state index is 12.5. The molecule has 0 aliphatic carbocycles. The van der Waals surface area contributed by atoms with Crippen LogP contribution in [-0.4, -0.2) is 28.2 Å². The van der Waals surface area contributed by atoms with Gasteiger partial charge in [0.2, 0.25) is 0 Å². The molecule has 26 heavy (non-hydrogen) atoms. The maximum atomic E-state index is 12.5. The molecule has 3 amide bonds. The van der Waals surface area contributed by atoms with Gasteiger partial charge in [-0.05, 0) is 57.2 Å². The summed E-state index contributed by atoms with van der Waals surface area (Å²) in [5.74, 6) is -0.292. The number of aromatic nitrogens is 2. The molecule has 0 radical (unpaired) electrons. The Morgan fingerprint density at radius 2 is 1.65 bits per heavy atom. The van der Waals surface area contributed by atoms with E-state index in [-0.39, 0.29) is 18.0 Å². The lowest BCUT2D eigenvalue weighted by molar-refractivity contribution is 0.102. The average Bonchev–Trinajstić information content (AvgIpc) is 2.99. The van der Waals surface area contributed by atoms with Crippen molar-refractivity contribution in [1.29, 1.82) is 0 Å². The number of carbonyl (C=O) groups excluding carboxylic acids is 2. The zero-order chi connectivity index (χ0) is 18.7. The number of nitrogens with zero attached hydrogens (tertiary/aromatic N) is 1. The lowest BCUT2D eigenvalue weighted by atomic mass is 10.1. The van der Waals surface area contributed by atoms with Crippen LogP contribution in [0.25, 0.3) is 10.9 Å². The third-order valence-corrected chi connectivity index (χ3v) is 3.75. The quantitative estimate of drug-likeness (QED) is 0.577. The van der Waals surface area contributed by atoms with Crippen molar-refractivity contribution in [3.63, 3.8) is 0 Å². The molecule has 0 spiro atoms. The van der Waals surface area contributed by atoms with E-state index in [0.29, 0.717) is 17.1 Å². The van der Waals surface area contributed by atoms with Crippen LogP contribution in [0.4, 0.5) is 16.2 Å². The molecule has 2 aromatic carbocycles. The van der Waals surface area contributed by atoms with Gasteiger partial charge in [0.05, 0.1) is 5.52 Å². The number of aromatic amines is 1. The standard InChI is InChI=1S/C19H21N5O2/c1-11(2)20-19(26)22-14-7-5-13(6-8-14)21-18(25)17-15-10-12(3)4-9-16(15)23-24-17/h4-11H,1-3H3,(H,21,25)(H,23,24)(H2,20,22,26). The van der Waals surface area contributed by atoms with E-state index in [9.17, 15) is 9.59 Å². The van der Waals surface area contributed by atoms with Crippen LogP contribution in [0.1, 0.15) is 29.9 Å². The van der Waals surface area contributed by atoms with Gasteiger partial charge in [0.1, 0.15) is 0 Å². The lowest BCUT2D eigenvalue weighted by Crippen LogP contribution is -2.34. The van der Waals surface area contributed by atoms with Gasteiger partial charge in [0, 0.05) is 22.8 Å². The van der Waals surface area contributed by atoms with Gasteiger partial charge in [-0.15, -0.1) is 0 Å². The van der Waals surface area contributed by atoms with Crippen molar-refractivity contribution < 1.29 is 9.59 Å². The highest BCUT2D eigenvalue weighted by atomic mass is 16.2. The van der Waals surface area contributed by atoms with Crippen molar-refractivity contribution >= 4 is 34.2 Å². The molecule has 0 aliphatic rings. The molecule has 3 aromatic rings. The fourth-order valence-corrected chi connectivity index (χ4v) is 2.56. The summed E-state index contributed by atoms with van der Waals surface area (Å²) in [5, 5.41) is 16.1. The number of H-pyrrole nitrogens is 1. The third kappa shape index (κ3) is 4.00. The molecule has 4 N–H and O–H groups in total. The zero-order valence-corrected chi connectivity index (χ0v) is 14.9. The Labute approximate surface area is 151 Å². The smallest absolute Gasteiger partial charge is 0.319 e. The van der Waals surface area contributed by atoms with Crippen molar-refractivity contribution in [2.24, 2.45) is 0 Å². The number of benzene rings is 2. The Bertz CT molecular complexity index is 944. The number of carbonyl (C=O) groups is 2. The first-order valence-corrected chi connectivity index (χ1v) is 8.36. The molecule has 0 aliphatic heterocycles. The van der Waals surface area contributed by atoms with Crippen LogP contribution in [0.3, 0.4) is 0 Å². The van der Waals surface area contributed by atoms with Crippen molar-refractivity contribution in [3.05, 3.63) is 53.7 Å². The van der Waals surface area contributed by atoms with E-state index in [0.717, 1.165) is 16.5 Å². The number of hydrogen-bond donors (Lipinski definition) is 4. The zero-order valence-electron chi connectivity index (χ0n) is 14.9. The summed E-state index contributed by atoms with van der Waals surface area (Å²) in [7, 11) is 0. The van der Waals surface area contributed by atoms with Gasteiger partial charge in [-0.1, -0.05) is 11.6 Å². The van der Waals surface area contributed by atoms with Gasteiger partial charge in [0.25, 0.3) is 5.91 Å². The molecule has 0 saturated carbocycles. The molecule has 7 nitrogen and oxygen atoms in total. The number of urea groups is 1. The summed E-state index contributed by atoms with van der Waals surface area (Å²) < 4.78 is 0. The maximum Gasteiger partial charge on any atom is 0.319 e. The largest absolute Gasteiger partial charge is 0.336 e. The molecule has 7 heteroatoms. The highest BCUT2D eigenvalue weighted by molar-refractivity contribution is 6.11. The van der Waals surface area contributed by atoms with Gasteiger partial charge >= 0.3 is 6.03 Å². The molecule has 134 valence electrons. The molecular formula is C19H21N5O2. The molecule has 1 heterocycles. The van der Waals surface area contributed by atoms with E-state index in [4.69, 9.17) is 0 Å². The number of aryl methyl sites for hydroxylation is 1. The number of amides is 3. The SMILES string of the molecule is Cc1ccc2[nH]nc(C(=O)Nc3ccc(NC(=O)NC(C)C)cc3)c2c1. The van der Waals surface area contributed by atoms with Crippen LogP contribution >= 0.6 is 0 Å². The molecule has 0 bridgehead atoms. The minimum absolute atomic E-state index is 0.0564. The van der Waals surface area contributed by atoms with Crippen LogP contribution in [0.2, 0.25) is 0 Å². The lowest BCUT2D eigenvalue weighted by Gasteiger charge is -2.10. The van der Waals surface area contributed by atoms with E-state index in [1.807, 2.05) is 39.0 Å². The first-order valence-electron chi connectivity index (χ1n) is 8.36. The molecule has 1 aromatic heterocycles. The summed E-state index contributed by atoms with van der Waals surface area (Å²) in [6.45, 7) is 5.74. The minimum atomic E-state index is -0.292. The summed E-state index contributed by atoms with van der Waals surface area (Å²) in [6.07, 6.45) is 0. The van der Waals surface area contributed by atoms with Crippen LogP contribution in [0.15, 0.2) is 42.5 Å². The normalized spacial score (nSPS) is 10.8. The molecule has 0 fully saturated rings. The van der Waals surface area contributed by atoms with E-state index >= 15 is 0 Å². The molecule has 0 unspecified atom stereocenters. The number of fused-ring (bicyclic) bond motifs is 1. The van der Waals surface area contributed by atoms with Crippen molar-refractivity contribution in [2.45, 2.75) is 26.8 Å². The first kappa shape index (κ1) is 17.5. The molecule has 0 atom stereocenters. The first-order chi connectivity index (χ1) is 12.4. The monoisotopic (exact) mass is 351 g/mol. The summed E-state index contributed by atoms with van der Waals surface area (Å²) in [5.41, 5.74) is 3.48. The Morgan fingerprint density at radius 3 is 2.31 bits per heavy atom. The van der Waals surface area contributed by atoms with E-state index in [1.54, 1.807) is 24.3 Å². The predicted molar refractivity (Wildman–Crippen MR) is 103 cm³/mol. The van der Waals surface area contributed by atoms with Crippen LogP contribution < -0.4 is 16.0 Å².